The molecule has 11 heteroatoms. The summed E-state index contributed by atoms with van der Waals surface area (Å²) in [6, 6.07) is 17.7. The molecule has 1 aliphatic heterocycles. The standard InChI is InChI=1S/C33H33BrFN5O4/c1-21(2)40-20-36-17-25(40)18-39-30-15-23(32(41)42)6-8-29(30)37-33(39)38-12-10-26(11-13-38)44-27-5-3-4-22(14-27)19-43-31-9-7-24(34)16-28(31)35/h3-9,14-17,20-21,26H,10-13,18-19H2,1-2H3,(H,41,42). The molecule has 228 valence electrons. The molecule has 0 spiro atoms. The molecule has 0 aliphatic carbocycles. The van der Waals surface area contributed by atoms with Crippen molar-refractivity contribution in [2.75, 3.05) is 18.0 Å². The fourth-order valence-corrected chi connectivity index (χ4v) is 5.88. The second kappa shape index (κ2) is 12.7. The van der Waals surface area contributed by atoms with E-state index in [1.54, 1.807) is 30.3 Å². The van der Waals surface area contributed by atoms with Crippen LogP contribution in [0.3, 0.4) is 0 Å². The number of imidazole rings is 2. The van der Waals surface area contributed by atoms with Gasteiger partial charge in [-0.15, -0.1) is 0 Å². The summed E-state index contributed by atoms with van der Waals surface area (Å²) in [7, 11) is 0. The van der Waals surface area contributed by atoms with E-state index in [1.807, 2.05) is 36.8 Å². The van der Waals surface area contributed by atoms with E-state index in [0.717, 1.165) is 59.9 Å². The Kier molecular flexibility index (Phi) is 8.56. The van der Waals surface area contributed by atoms with Gasteiger partial charge in [0, 0.05) is 42.6 Å². The maximum absolute atomic E-state index is 14.2. The van der Waals surface area contributed by atoms with E-state index in [-0.39, 0.29) is 30.1 Å². The first-order chi connectivity index (χ1) is 21.2. The predicted molar refractivity (Wildman–Crippen MR) is 169 cm³/mol. The van der Waals surface area contributed by atoms with Gasteiger partial charge >= 0.3 is 5.97 Å². The number of carbonyl (C=O) groups is 1. The monoisotopic (exact) mass is 661 g/mol. The summed E-state index contributed by atoms with van der Waals surface area (Å²) in [6.07, 6.45) is 5.28. The Bertz CT molecular complexity index is 1790. The van der Waals surface area contributed by atoms with E-state index in [2.05, 4.69) is 48.8 Å². The molecule has 0 unspecified atom stereocenters. The largest absolute Gasteiger partial charge is 0.490 e. The van der Waals surface area contributed by atoms with Crippen LogP contribution in [0, 0.1) is 5.82 Å². The SMILES string of the molecule is CC(C)n1cncc1Cn1c(N2CCC(Oc3cccc(COc4ccc(Br)cc4F)c3)CC2)nc2ccc(C(=O)O)cc21. The number of fused-ring (bicyclic) bond motifs is 1. The average Bonchev–Trinajstić information content (AvgIpc) is 3.62. The van der Waals surface area contributed by atoms with Crippen LogP contribution in [-0.2, 0) is 13.2 Å². The number of hydrogen-bond donors (Lipinski definition) is 1. The number of anilines is 1. The molecule has 5 aromatic rings. The summed E-state index contributed by atoms with van der Waals surface area (Å²) in [5, 5.41) is 9.64. The van der Waals surface area contributed by atoms with Crippen LogP contribution < -0.4 is 14.4 Å². The molecule has 0 bridgehead atoms. The van der Waals surface area contributed by atoms with Gasteiger partial charge in [0.1, 0.15) is 18.5 Å². The van der Waals surface area contributed by atoms with Gasteiger partial charge in [-0.1, -0.05) is 28.1 Å². The molecule has 6 rings (SSSR count). The normalized spacial score (nSPS) is 14.0. The number of carboxylic acids is 1. The van der Waals surface area contributed by atoms with Crippen LogP contribution in [-0.4, -0.2) is 49.4 Å². The Morgan fingerprint density at radius 2 is 1.93 bits per heavy atom. The van der Waals surface area contributed by atoms with Gasteiger partial charge in [-0.05, 0) is 67.9 Å². The summed E-state index contributed by atoms with van der Waals surface area (Å²) >= 11 is 3.26. The van der Waals surface area contributed by atoms with Crippen LogP contribution in [0.15, 0.2) is 77.7 Å². The van der Waals surface area contributed by atoms with Crippen molar-refractivity contribution in [3.05, 3.63) is 100 Å². The van der Waals surface area contributed by atoms with Crippen molar-refractivity contribution >= 4 is 38.9 Å². The minimum absolute atomic E-state index is 0.0187. The number of ether oxygens (including phenoxy) is 2. The van der Waals surface area contributed by atoms with Crippen LogP contribution in [0.25, 0.3) is 11.0 Å². The van der Waals surface area contributed by atoms with E-state index >= 15 is 0 Å². The lowest BCUT2D eigenvalue weighted by molar-refractivity contribution is 0.0697. The highest BCUT2D eigenvalue weighted by molar-refractivity contribution is 9.10. The van der Waals surface area contributed by atoms with Crippen LogP contribution in [0.2, 0.25) is 0 Å². The summed E-state index contributed by atoms with van der Waals surface area (Å²) < 4.78 is 31.1. The smallest absolute Gasteiger partial charge is 0.335 e. The van der Waals surface area contributed by atoms with Crippen molar-refractivity contribution in [1.82, 2.24) is 19.1 Å². The number of aromatic carboxylic acids is 1. The van der Waals surface area contributed by atoms with Gasteiger partial charge in [-0.25, -0.2) is 19.2 Å². The lowest BCUT2D eigenvalue weighted by Crippen LogP contribution is -2.39. The Morgan fingerprint density at radius 1 is 1.11 bits per heavy atom. The van der Waals surface area contributed by atoms with E-state index in [1.165, 1.54) is 6.07 Å². The molecule has 0 atom stereocenters. The third kappa shape index (κ3) is 6.42. The fraction of sp³-hybridized carbons (Fsp3) is 0.303. The number of aromatic nitrogens is 4. The van der Waals surface area contributed by atoms with E-state index in [0.29, 0.717) is 11.0 Å². The lowest BCUT2D eigenvalue weighted by Gasteiger charge is -2.33. The summed E-state index contributed by atoms with van der Waals surface area (Å²) in [5.74, 6) is 0.362. The second-order valence-electron chi connectivity index (χ2n) is 11.2. The van der Waals surface area contributed by atoms with Gasteiger partial charge in [0.05, 0.1) is 35.2 Å². The van der Waals surface area contributed by atoms with Crippen molar-refractivity contribution in [2.24, 2.45) is 0 Å². The fourth-order valence-electron chi connectivity index (χ4n) is 5.55. The van der Waals surface area contributed by atoms with Gasteiger partial charge in [0.2, 0.25) is 5.95 Å². The number of piperidine rings is 1. The third-order valence-corrected chi connectivity index (χ3v) is 8.31. The van der Waals surface area contributed by atoms with Crippen LogP contribution in [0.1, 0.15) is 54.3 Å². The topological polar surface area (TPSA) is 94.6 Å². The molecule has 9 nitrogen and oxygen atoms in total. The minimum atomic E-state index is -0.970. The third-order valence-electron chi connectivity index (χ3n) is 7.81. The Balaban J connectivity index is 1.16. The molecule has 44 heavy (non-hydrogen) atoms. The minimum Gasteiger partial charge on any atom is -0.490 e. The zero-order valence-corrected chi connectivity index (χ0v) is 26.1. The molecule has 0 saturated carbocycles. The van der Waals surface area contributed by atoms with Crippen molar-refractivity contribution in [3.8, 4) is 11.5 Å². The molecule has 1 aliphatic rings. The van der Waals surface area contributed by atoms with Crippen molar-refractivity contribution in [3.63, 3.8) is 0 Å². The number of benzene rings is 3. The maximum Gasteiger partial charge on any atom is 0.335 e. The molecule has 3 aromatic carbocycles. The van der Waals surface area contributed by atoms with Gasteiger partial charge in [0.25, 0.3) is 0 Å². The van der Waals surface area contributed by atoms with Crippen LogP contribution in [0.5, 0.6) is 11.5 Å². The van der Waals surface area contributed by atoms with Crippen molar-refractivity contribution < 1.29 is 23.8 Å². The quantitative estimate of drug-likeness (QED) is 0.171. The second-order valence-corrected chi connectivity index (χ2v) is 12.1. The first-order valence-corrected chi connectivity index (χ1v) is 15.4. The number of rotatable bonds is 10. The highest BCUT2D eigenvalue weighted by Crippen LogP contribution is 2.30. The predicted octanol–water partition coefficient (Wildman–Crippen LogP) is 7.09. The molecular formula is C33H33BrFN5O4. The zero-order valence-electron chi connectivity index (χ0n) is 24.5. The first-order valence-electron chi connectivity index (χ1n) is 14.6. The molecule has 3 heterocycles. The first kappa shape index (κ1) is 29.7. The number of hydrogen-bond acceptors (Lipinski definition) is 6. The molecule has 1 fully saturated rings. The average molecular weight is 663 g/mol. The maximum atomic E-state index is 14.2. The van der Waals surface area contributed by atoms with Crippen molar-refractivity contribution in [1.29, 1.82) is 0 Å². The zero-order chi connectivity index (χ0) is 30.8. The highest BCUT2D eigenvalue weighted by atomic mass is 79.9. The number of nitrogens with zero attached hydrogens (tertiary/aromatic N) is 5. The molecule has 1 N–H and O–H groups in total. The molecule has 0 amide bonds. The molecular weight excluding hydrogens is 629 g/mol. The molecule has 2 aromatic heterocycles. The van der Waals surface area contributed by atoms with Gasteiger partial charge < -0.3 is 28.6 Å². The van der Waals surface area contributed by atoms with E-state index < -0.39 is 11.8 Å². The summed E-state index contributed by atoms with van der Waals surface area (Å²) in [4.78, 5) is 23.3. The lowest BCUT2D eigenvalue weighted by atomic mass is 10.1. The number of halogens is 2. The molecule has 1 saturated heterocycles. The van der Waals surface area contributed by atoms with Crippen LogP contribution >= 0.6 is 15.9 Å². The van der Waals surface area contributed by atoms with Crippen LogP contribution in [0.4, 0.5) is 10.3 Å². The summed E-state index contributed by atoms with van der Waals surface area (Å²) in [6.45, 7) is 6.42. The molecule has 0 radical (unpaired) electrons. The van der Waals surface area contributed by atoms with Crippen molar-refractivity contribution in [2.45, 2.75) is 52.0 Å². The van der Waals surface area contributed by atoms with Gasteiger partial charge in [0.15, 0.2) is 11.6 Å². The Morgan fingerprint density at radius 3 is 2.68 bits per heavy atom. The Hall–Kier alpha value is -4.38. The van der Waals surface area contributed by atoms with Gasteiger partial charge in [-0.2, -0.15) is 0 Å². The summed E-state index contributed by atoms with van der Waals surface area (Å²) in [5.41, 5.74) is 3.66. The van der Waals surface area contributed by atoms with Gasteiger partial charge in [-0.3, -0.25) is 0 Å². The van der Waals surface area contributed by atoms with E-state index in [4.69, 9.17) is 14.5 Å². The van der Waals surface area contributed by atoms with E-state index in [9.17, 15) is 14.3 Å². The number of carboxylic acid groups (broad SMARTS) is 1. The Labute approximate surface area is 263 Å². The highest BCUT2D eigenvalue weighted by Gasteiger charge is 2.26.